The minimum absolute atomic E-state index is 0.296. The van der Waals surface area contributed by atoms with Gasteiger partial charge in [-0.3, -0.25) is 0 Å². The second-order valence-corrected chi connectivity index (χ2v) is 4.57. The quantitative estimate of drug-likeness (QED) is 0.833. The first-order valence-corrected chi connectivity index (χ1v) is 5.73. The standard InChI is InChI=1S/C13H11BrFN/c14-11-3-1-2-9(7-11)6-10-4-5-12(15)8-13(10)16/h1-5,7-8H,6,16H2. The molecule has 0 amide bonds. The Morgan fingerprint density at radius 1 is 1.12 bits per heavy atom. The predicted octanol–water partition coefficient (Wildman–Crippen LogP) is 3.76. The molecule has 0 heterocycles. The zero-order valence-corrected chi connectivity index (χ0v) is 10.2. The number of benzene rings is 2. The molecule has 0 aliphatic rings. The highest BCUT2D eigenvalue weighted by molar-refractivity contribution is 9.10. The summed E-state index contributed by atoms with van der Waals surface area (Å²) < 4.78 is 13.9. The highest BCUT2D eigenvalue weighted by atomic mass is 79.9. The first kappa shape index (κ1) is 11.1. The van der Waals surface area contributed by atoms with Gasteiger partial charge in [-0.25, -0.2) is 4.39 Å². The normalized spacial score (nSPS) is 10.4. The molecule has 3 heteroatoms. The molecule has 0 aliphatic carbocycles. The number of anilines is 1. The largest absolute Gasteiger partial charge is 0.398 e. The van der Waals surface area contributed by atoms with Crippen LogP contribution in [0.2, 0.25) is 0 Å². The van der Waals surface area contributed by atoms with Gasteiger partial charge in [0.25, 0.3) is 0 Å². The maximum absolute atomic E-state index is 12.9. The summed E-state index contributed by atoms with van der Waals surface area (Å²) in [4.78, 5) is 0. The molecule has 0 saturated heterocycles. The van der Waals surface area contributed by atoms with Crippen LogP contribution in [0.3, 0.4) is 0 Å². The van der Waals surface area contributed by atoms with Crippen molar-refractivity contribution >= 4 is 21.6 Å². The van der Waals surface area contributed by atoms with Crippen LogP contribution in [0.1, 0.15) is 11.1 Å². The molecule has 2 aromatic carbocycles. The Balaban J connectivity index is 2.27. The first-order valence-electron chi connectivity index (χ1n) is 4.93. The van der Waals surface area contributed by atoms with Crippen LogP contribution in [-0.2, 0) is 6.42 Å². The van der Waals surface area contributed by atoms with Crippen molar-refractivity contribution in [2.75, 3.05) is 5.73 Å². The molecule has 0 aromatic heterocycles. The van der Waals surface area contributed by atoms with E-state index in [2.05, 4.69) is 15.9 Å². The van der Waals surface area contributed by atoms with E-state index in [9.17, 15) is 4.39 Å². The number of nitrogens with two attached hydrogens (primary N) is 1. The van der Waals surface area contributed by atoms with Crippen LogP contribution in [0, 0.1) is 5.82 Å². The number of rotatable bonds is 2. The van der Waals surface area contributed by atoms with Gasteiger partial charge < -0.3 is 5.73 Å². The van der Waals surface area contributed by atoms with E-state index < -0.39 is 0 Å². The van der Waals surface area contributed by atoms with E-state index in [-0.39, 0.29) is 5.82 Å². The molecule has 82 valence electrons. The van der Waals surface area contributed by atoms with Gasteiger partial charge in [0.2, 0.25) is 0 Å². The second kappa shape index (κ2) is 4.66. The van der Waals surface area contributed by atoms with Crippen molar-refractivity contribution in [3.63, 3.8) is 0 Å². The lowest BCUT2D eigenvalue weighted by Gasteiger charge is -2.06. The third-order valence-electron chi connectivity index (χ3n) is 2.39. The molecular formula is C13H11BrFN. The molecule has 0 spiro atoms. The Morgan fingerprint density at radius 2 is 1.94 bits per heavy atom. The van der Waals surface area contributed by atoms with Crippen molar-refractivity contribution in [3.05, 3.63) is 63.9 Å². The summed E-state index contributed by atoms with van der Waals surface area (Å²) in [6.07, 6.45) is 0.714. The lowest BCUT2D eigenvalue weighted by Crippen LogP contribution is -1.96. The van der Waals surface area contributed by atoms with Crippen LogP contribution in [0.5, 0.6) is 0 Å². The highest BCUT2D eigenvalue weighted by Gasteiger charge is 2.02. The van der Waals surface area contributed by atoms with Gasteiger partial charge >= 0.3 is 0 Å². The van der Waals surface area contributed by atoms with Crippen molar-refractivity contribution in [1.29, 1.82) is 0 Å². The third-order valence-corrected chi connectivity index (χ3v) is 2.88. The average Bonchev–Trinajstić information content (AvgIpc) is 2.22. The fraction of sp³-hybridized carbons (Fsp3) is 0.0769. The average molecular weight is 280 g/mol. The summed E-state index contributed by atoms with van der Waals surface area (Å²) in [7, 11) is 0. The van der Waals surface area contributed by atoms with Crippen molar-refractivity contribution in [1.82, 2.24) is 0 Å². The van der Waals surface area contributed by atoms with Gasteiger partial charge in [0.15, 0.2) is 0 Å². The van der Waals surface area contributed by atoms with E-state index in [1.54, 1.807) is 6.07 Å². The topological polar surface area (TPSA) is 26.0 Å². The second-order valence-electron chi connectivity index (χ2n) is 3.65. The Kier molecular flexibility index (Phi) is 3.25. The Morgan fingerprint density at radius 3 is 2.62 bits per heavy atom. The van der Waals surface area contributed by atoms with Gasteiger partial charge in [-0.2, -0.15) is 0 Å². The van der Waals surface area contributed by atoms with Crippen LogP contribution in [0.4, 0.5) is 10.1 Å². The summed E-state index contributed by atoms with van der Waals surface area (Å²) >= 11 is 3.41. The zero-order chi connectivity index (χ0) is 11.5. The molecule has 0 aliphatic heterocycles. The molecule has 1 nitrogen and oxygen atoms in total. The number of halogens is 2. The molecule has 0 saturated carbocycles. The molecule has 2 rings (SSSR count). The van der Waals surface area contributed by atoms with E-state index in [0.29, 0.717) is 12.1 Å². The molecular weight excluding hydrogens is 269 g/mol. The van der Waals surface area contributed by atoms with Gasteiger partial charge in [0.05, 0.1) is 0 Å². The van der Waals surface area contributed by atoms with Crippen molar-refractivity contribution in [2.24, 2.45) is 0 Å². The van der Waals surface area contributed by atoms with Gasteiger partial charge in [0.1, 0.15) is 5.82 Å². The SMILES string of the molecule is Nc1cc(F)ccc1Cc1cccc(Br)c1. The number of hydrogen-bond acceptors (Lipinski definition) is 1. The number of nitrogen functional groups attached to an aromatic ring is 1. The molecule has 0 radical (unpaired) electrons. The zero-order valence-electron chi connectivity index (χ0n) is 8.58. The Bertz CT molecular complexity index is 511. The lowest BCUT2D eigenvalue weighted by molar-refractivity contribution is 0.628. The summed E-state index contributed by atoms with van der Waals surface area (Å²) in [6, 6.07) is 12.5. The molecule has 0 fully saturated rings. The van der Waals surface area contributed by atoms with E-state index in [0.717, 1.165) is 15.6 Å². The molecule has 0 unspecified atom stereocenters. The van der Waals surface area contributed by atoms with Crippen LogP contribution in [0.25, 0.3) is 0 Å². The van der Waals surface area contributed by atoms with Crippen molar-refractivity contribution in [2.45, 2.75) is 6.42 Å². The minimum Gasteiger partial charge on any atom is -0.398 e. The van der Waals surface area contributed by atoms with E-state index in [1.807, 2.05) is 24.3 Å². The van der Waals surface area contributed by atoms with Crippen LogP contribution >= 0.6 is 15.9 Å². The van der Waals surface area contributed by atoms with Crippen molar-refractivity contribution in [3.8, 4) is 0 Å². The van der Waals surface area contributed by atoms with Gasteiger partial charge in [0, 0.05) is 10.2 Å². The van der Waals surface area contributed by atoms with Gasteiger partial charge in [-0.1, -0.05) is 34.1 Å². The summed E-state index contributed by atoms with van der Waals surface area (Å²) in [5.41, 5.74) is 8.35. The maximum Gasteiger partial charge on any atom is 0.125 e. The fourth-order valence-electron chi connectivity index (χ4n) is 1.59. The highest BCUT2D eigenvalue weighted by Crippen LogP contribution is 2.19. The monoisotopic (exact) mass is 279 g/mol. The van der Waals surface area contributed by atoms with Gasteiger partial charge in [-0.15, -0.1) is 0 Å². The van der Waals surface area contributed by atoms with Gasteiger partial charge in [-0.05, 0) is 41.8 Å². The fourth-order valence-corrected chi connectivity index (χ4v) is 2.04. The molecule has 16 heavy (non-hydrogen) atoms. The predicted molar refractivity (Wildman–Crippen MR) is 67.8 cm³/mol. The molecule has 0 bridgehead atoms. The maximum atomic E-state index is 12.9. The van der Waals surface area contributed by atoms with E-state index >= 15 is 0 Å². The summed E-state index contributed by atoms with van der Waals surface area (Å²) in [6.45, 7) is 0. The summed E-state index contributed by atoms with van der Waals surface area (Å²) in [5.74, 6) is -0.296. The van der Waals surface area contributed by atoms with E-state index in [1.165, 1.54) is 12.1 Å². The smallest absolute Gasteiger partial charge is 0.125 e. The molecule has 2 N–H and O–H groups in total. The Hall–Kier alpha value is -1.35. The summed E-state index contributed by atoms with van der Waals surface area (Å²) in [5, 5.41) is 0. The Labute approximate surface area is 102 Å². The third kappa shape index (κ3) is 2.61. The molecule has 2 aromatic rings. The van der Waals surface area contributed by atoms with Crippen LogP contribution in [-0.4, -0.2) is 0 Å². The number of hydrogen-bond donors (Lipinski definition) is 1. The van der Waals surface area contributed by atoms with Crippen LogP contribution in [0.15, 0.2) is 46.9 Å². The molecule has 0 atom stereocenters. The minimum atomic E-state index is -0.296. The van der Waals surface area contributed by atoms with Crippen LogP contribution < -0.4 is 5.73 Å². The lowest BCUT2D eigenvalue weighted by atomic mass is 10.0. The van der Waals surface area contributed by atoms with E-state index in [4.69, 9.17) is 5.73 Å². The first-order chi connectivity index (χ1) is 7.65. The van der Waals surface area contributed by atoms with Crippen molar-refractivity contribution < 1.29 is 4.39 Å².